The summed E-state index contributed by atoms with van der Waals surface area (Å²) in [5.41, 5.74) is 2.67. The Morgan fingerprint density at radius 2 is 2.05 bits per heavy atom. The summed E-state index contributed by atoms with van der Waals surface area (Å²) in [7, 11) is 0. The Labute approximate surface area is 123 Å². The smallest absolute Gasteiger partial charge is 0.0750 e. The van der Waals surface area contributed by atoms with Crippen LogP contribution in [-0.2, 0) is 11.3 Å². The predicted molar refractivity (Wildman–Crippen MR) is 85.3 cm³/mol. The van der Waals surface area contributed by atoms with E-state index in [1.165, 1.54) is 24.1 Å². The molecule has 1 N–H and O–H groups in total. The molecule has 1 aliphatic heterocycles. The number of benzene rings is 1. The first kappa shape index (κ1) is 15.3. The van der Waals surface area contributed by atoms with E-state index < -0.39 is 0 Å². The van der Waals surface area contributed by atoms with E-state index in [-0.39, 0.29) is 0 Å². The van der Waals surface area contributed by atoms with E-state index in [2.05, 4.69) is 55.3 Å². The van der Waals surface area contributed by atoms with Crippen LogP contribution in [0.15, 0.2) is 24.3 Å². The van der Waals surface area contributed by atoms with Gasteiger partial charge in [-0.05, 0) is 37.5 Å². The maximum absolute atomic E-state index is 5.77. The van der Waals surface area contributed by atoms with Crippen LogP contribution in [-0.4, -0.2) is 31.8 Å². The van der Waals surface area contributed by atoms with E-state index in [9.17, 15) is 0 Å². The Bertz CT molecular complexity index is 386. The summed E-state index contributed by atoms with van der Waals surface area (Å²) in [5.74, 6) is 0. The molecule has 1 aromatic rings. The number of nitrogens with one attached hydrogen (secondary N) is 1. The third-order valence-electron chi connectivity index (χ3n) is 3.80. The minimum atomic E-state index is 0.399. The van der Waals surface area contributed by atoms with E-state index in [1.54, 1.807) is 0 Å². The van der Waals surface area contributed by atoms with Crippen LogP contribution in [0.2, 0.25) is 0 Å². The lowest BCUT2D eigenvalue weighted by molar-refractivity contribution is 0.0527. The summed E-state index contributed by atoms with van der Waals surface area (Å²) in [6.07, 6.45) is 2.82. The van der Waals surface area contributed by atoms with Gasteiger partial charge in [-0.15, -0.1) is 0 Å². The first-order chi connectivity index (χ1) is 9.69. The van der Waals surface area contributed by atoms with Crippen molar-refractivity contribution in [3.63, 3.8) is 0 Å². The van der Waals surface area contributed by atoms with Gasteiger partial charge in [0.25, 0.3) is 0 Å². The monoisotopic (exact) mass is 276 g/mol. The van der Waals surface area contributed by atoms with Crippen LogP contribution in [0.3, 0.4) is 0 Å². The van der Waals surface area contributed by atoms with Crippen molar-refractivity contribution in [2.45, 2.75) is 52.3 Å². The van der Waals surface area contributed by atoms with Crippen molar-refractivity contribution < 1.29 is 4.74 Å². The lowest BCUT2D eigenvalue weighted by Gasteiger charge is -2.34. The average Bonchev–Trinajstić information content (AvgIpc) is 2.46. The highest BCUT2D eigenvalue weighted by Crippen LogP contribution is 2.21. The highest BCUT2D eigenvalue weighted by molar-refractivity contribution is 5.48. The minimum absolute atomic E-state index is 0.399. The van der Waals surface area contributed by atoms with E-state index in [1.807, 2.05) is 0 Å². The number of anilines is 1. The second-order valence-electron chi connectivity index (χ2n) is 5.87. The van der Waals surface area contributed by atoms with Crippen molar-refractivity contribution in [2.75, 3.05) is 24.6 Å². The fourth-order valence-electron chi connectivity index (χ4n) is 2.69. The van der Waals surface area contributed by atoms with Crippen molar-refractivity contribution in [1.29, 1.82) is 0 Å². The number of ether oxygens (including phenoxy) is 1. The molecule has 3 nitrogen and oxygen atoms in total. The Morgan fingerprint density at radius 3 is 2.70 bits per heavy atom. The zero-order chi connectivity index (χ0) is 14.4. The maximum Gasteiger partial charge on any atom is 0.0750 e. The number of rotatable bonds is 6. The van der Waals surface area contributed by atoms with E-state index in [0.717, 1.165) is 26.2 Å². The SMILES string of the molecule is CCOC1CCCN(c2ccc(CNC(C)C)cc2)C1. The van der Waals surface area contributed by atoms with Crippen LogP contribution < -0.4 is 10.2 Å². The molecule has 0 bridgehead atoms. The molecular formula is C17H28N2O. The normalized spacial score (nSPS) is 19.6. The van der Waals surface area contributed by atoms with Gasteiger partial charge in [0.15, 0.2) is 0 Å². The van der Waals surface area contributed by atoms with Crippen molar-refractivity contribution >= 4 is 5.69 Å². The van der Waals surface area contributed by atoms with Crippen molar-refractivity contribution in [3.05, 3.63) is 29.8 Å². The number of piperidine rings is 1. The molecule has 3 heteroatoms. The Balaban J connectivity index is 1.91. The van der Waals surface area contributed by atoms with Gasteiger partial charge < -0.3 is 15.0 Å². The van der Waals surface area contributed by atoms with Gasteiger partial charge >= 0.3 is 0 Å². The summed E-state index contributed by atoms with van der Waals surface area (Å²) in [6.45, 7) is 10.4. The molecule has 0 saturated carbocycles. The van der Waals surface area contributed by atoms with Gasteiger partial charge in [-0.25, -0.2) is 0 Å². The van der Waals surface area contributed by atoms with Gasteiger partial charge in [0.05, 0.1) is 6.10 Å². The lowest BCUT2D eigenvalue weighted by atomic mass is 10.1. The maximum atomic E-state index is 5.77. The summed E-state index contributed by atoms with van der Waals surface area (Å²) in [4.78, 5) is 2.45. The molecule has 0 amide bonds. The Kier molecular flexibility index (Phi) is 5.86. The Morgan fingerprint density at radius 1 is 1.30 bits per heavy atom. The quantitative estimate of drug-likeness (QED) is 0.863. The van der Waals surface area contributed by atoms with Crippen LogP contribution in [0.1, 0.15) is 39.2 Å². The summed E-state index contributed by atoms with van der Waals surface area (Å²) >= 11 is 0. The van der Waals surface area contributed by atoms with E-state index in [0.29, 0.717) is 12.1 Å². The molecule has 0 aliphatic carbocycles. The molecule has 1 unspecified atom stereocenters. The molecule has 0 radical (unpaired) electrons. The second-order valence-corrected chi connectivity index (χ2v) is 5.87. The fraction of sp³-hybridized carbons (Fsp3) is 0.647. The fourth-order valence-corrected chi connectivity index (χ4v) is 2.69. The second kappa shape index (κ2) is 7.65. The molecule has 2 rings (SSSR count). The van der Waals surface area contributed by atoms with E-state index >= 15 is 0 Å². The van der Waals surface area contributed by atoms with Gasteiger partial charge in [-0.2, -0.15) is 0 Å². The molecule has 20 heavy (non-hydrogen) atoms. The number of nitrogens with zero attached hydrogens (tertiary/aromatic N) is 1. The van der Waals surface area contributed by atoms with Crippen LogP contribution in [0.25, 0.3) is 0 Å². The number of hydrogen-bond acceptors (Lipinski definition) is 3. The molecule has 1 atom stereocenters. The Hall–Kier alpha value is -1.06. The molecule has 1 heterocycles. The van der Waals surface area contributed by atoms with Crippen LogP contribution >= 0.6 is 0 Å². The molecule has 0 spiro atoms. The predicted octanol–water partition coefficient (Wildman–Crippen LogP) is 3.19. The van der Waals surface area contributed by atoms with Gasteiger partial charge in [0, 0.05) is 38.0 Å². The third-order valence-corrected chi connectivity index (χ3v) is 3.80. The molecule has 0 aromatic heterocycles. The molecular weight excluding hydrogens is 248 g/mol. The van der Waals surface area contributed by atoms with Crippen molar-refractivity contribution in [1.82, 2.24) is 5.32 Å². The third kappa shape index (κ3) is 4.50. The molecule has 112 valence electrons. The zero-order valence-corrected chi connectivity index (χ0v) is 13.1. The molecule has 1 aliphatic rings. The van der Waals surface area contributed by atoms with Crippen molar-refractivity contribution in [3.8, 4) is 0 Å². The van der Waals surface area contributed by atoms with Gasteiger partial charge in [0.2, 0.25) is 0 Å². The highest BCUT2D eigenvalue weighted by Gasteiger charge is 2.20. The standard InChI is InChI=1S/C17H28N2O/c1-4-20-17-6-5-11-19(13-17)16-9-7-15(8-10-16)12-18-14(2)3/h7-10,14,17-18H,4-6,11-13H2,1-3H3. The average molecular weight is 276 g/mol. The van der Waals surface area contributed by atoms with Crippen LogP contribution in [0.5, 0.6) is 0 Å². The zero-order valence-electron chi connectivity index (χ0n) is 13.1. The summed E-state index contributed by atoms with van der Waals surface area (Å²) in [6, 6.07) is 9.48. The van der Waals surface area contributed by atoms with Crippen LogP contribution in [0, 0.1) is 0 Å². The van der Waals surface area contributed by atoms with Gasteiger partial charge in [-0.3, -0.25) is 0 Å². The minimum Gasteiger partial charge on any atom is -0.377 e. The number of hydrogen-bond donors (Lipinski definition) is 1. The first-order valence-corrected chi connectivity index (χ1v) is 7.88. The lowest BCUT2D eigenvalue weighted by Crippen LogP contribution is -2.39. The molecule has 1 aromatic carbocycles. The summed E-state index contributed by atoms with van der Waals surface area (Å²) in [5, 5.41) is 3.45. The van der Waals surface area contributed by atoms with Gasteiger partial charge in [-0.1, -0.05) is 26.0 Å². The van der Waals surface area contributed by atoms with Crippen molar-refractivity contribution in [2.24, 2.45) is 0 Å². The first-order valence-electron chi connectivity index (χ1n) is 7.88. The largest absolute Gasteiger partial charge is 0.377 e. The topological polar surface area (TPSA) is 24.5 Å². The highest BCUT2D eigenvalue weighted by atomic mass is 16.5. The molecule has 1 saturated heterocycles. The van der Waals surface area contributed by atoms with E-state index in [4.69, 9.17) is 4.74 Å². The molecule has 1 fully saturated rings. The van der Waals surface area contributed by atoms with Crippen LogP contribution in [0.4, 0.5) is 5.69 Å². The summed E-state index contributed by atoms with van der Waals surface area (Å²) < 4.78 is 5.77. The van der Waals surface area contributed by atoms with Gasteiger partial charge in [0.1, 0.15) is 0 Å².